The van der Waals surface area contributed by atoms with Gasteiger partial charge in [0.15, 0.2) is 17.7 Å². The predicted octanol–water partition coefficient (Wildman–Crippen LogP) is -4.00. The van der Waals surface area contributed by atoms with Gasteiger partial charge in [0.05, 0.1) is 44.4 Å². The molecule has 1 aromatic heterocycles. The smallest absolute Gasteiger partial charge is 0.264 e. The summed E-state index contributed by atoms with van der Waals surface area (Å²) in [6.45, 7) is -0.438. The molecule has 23 heteroatoms. The molecule has 3 amide bonds. The maximum Gasteiger partial charge on any atom is 0.264 e. The molecule has 332 valence electrons. The molecule has 1 unspecified atom stereocenters. The summed E-state index contributed by atoms with van der Waals surface area (Å²) in [5.41, 5.74) is -2.31. The molecule has 2 aliphatic heterocycles. The summed E-state index contributed by atoms with van der Waals surface area (Å²) in [5, 5.41) is 87.3. The maximum absolute atomic E-state index is 16.8. The van der Waals surface area contributed by atoms with Crippen LogP contribution in [0.1, 0.15) is 63.3 Å². The van der Waals surface area contributed by atoms with Crippen molar-refractivity contribution in [2.45, 2.75) is 138 Å². The van der Waals surface area contributed by atoms with Gasteiger partial charge in [0.25, 0.3) is 5.91 Å². The number of hydrogen-bond donors (Lipinski definition) is 10. The molecule has 3 heterocycles. The number of nitrogens with one attached hydrogen (secondary N) is 3. The SMILES string of the molecule is C#CCNC(=O)[C@H](CCCCNC(=O)C1(F)CCCCCc2c1nnn2CCO[C@@H]1O[C@H](CO)[C@@H](O[C@@H]2O[C@H](CO)[C@H](O)[C@H](O)[C@H]2O)[C@H](O)[C@H]1O)NC(=O)CSC(C)=O. The molecule has 1 aromatic rings. The minimum absolute atomic E-state index is 0.0443. The highest BCUT2D eigenvalue weighted by Crippen LogP contribution is 2.36. The number of fused-ring (bicyclic) bond motifs is 1. The number of carbonyl (C=O) groups is 4. The maximum atomic E-state index is 16.8. The van der Waals surface area contributed by atoms with Crippen LogP contribution in [-0.4, -0.2) is 180 Å². The lowest BCUT2D eigenvalue weighted by atomic mass is 9.88. The van der Waals surface area contributed by atoms with Crippen LogP contribution in [0.15, 0.2) is 0 Å². The number of alkyl halides is 1. The van der Waals surface area contributed by atoms with Crippen LogP contribution in [0.25, 0.3) is 0 Å². The molecule has 2 saturated heterocycles. The molecule has 12 atom stereocenters. The van der Waals surface area contributed by atoms with E-state index in [1.807, 2.05) is 0 Å². The van der Waals surface area contributed by atoms with Crippen molar-refractivity contribution in [2.75, 3.05) is 38.7 Å². The fourth-order valence-electron chi connectivity index (χ4n) is 6.94. The van der Waals surface area contributed by atoms with Crippen LogP contribution in [0.2, 0.25) is 0 Å². The van der Waals surface area contributed by atoms with Gasteiger partial charge in [0, 0.05) is 13.5 Å². The Kier molecular flexibility index (Phi) is 18.8. The number of terminal acetylenes is 1. The molecule has 3 aliphatic rings. The molecule has 0 aromatic carbocycles. The highest BCUT2D eigenvalue weighted by atomic mass is 32.2. The van der Waals surface area contributed by atoms with Crippen molar-refractivity contribution < 1.29 is 78.3 Å². The van der Waals surface area contributed by atoms with Crippen LogP contribution in [0.5, 0.6) is 0 Å². The quantitative estimate of drug-likeness (QED) is 0.0468. The average molecular weight is 863 g/mol. The molecular formula is C36H55FN6O15S. The standard InChI is InChI=1S/C36H55FN6O15S/c1-3-12-38-32(53)20(40-24(47)18-59-19(2)46)9-6-8-13-39-35(54)36(37)11-7-4-5-10-21-31(36)41-42-43(21)14-15-55-33-29(52)27(50)30(23(17-45)57-33)58-34-28(51)26(49)25(48)22(16-44)56-34/h1,20,22-23,25-30,33-34,44-45,48-52H,4-18H2,2H3,(H,38,53)(H,39,54)(H,40,47)/t20-,22+,23+,25-,26-,27+,28+,29+,30+,33+,34-,36?/m0/s1. The normalized spacial score (nSPS) is 31.5. The van der Waals surface area contributed by atoms with E-state index in [2.05, 4.69) is 32.2 Å². The molecule has 59 heavy (non-hydrogen) atoms. The molecule has 0 bridgehead atoms. The zero-order valence-electron chi connectivity index (χ0n) is 32.6. The van der Waals surface area contributed by atoms with E-state index in [9.17, 15) is 54.9 Å². The molecular weight excluding hydrogens is 807 g/mol. The average Bonchev–Trinajstić information content (AvgIpc) is 3.61. The Balaban J connectivity index is 1.32. The van der Waals surface area contributed by atoms with Crippen molar-refractivity contribution in [2.24, 2.45) is 0 Å². The minimum atomic E-state index is -2.52. The van der Waals surface area contributed by atoms with Crippen LogP contribution >= 0.6 is 11.8 Å². The van der Waals surface area contributed by atoms with Crippen molar-refractivity contribution >= 4 is 34.6 Å². The van der Waals surface area contributed by atoms with Gasteiger partial charge in [0.1, 0.15) is 60.6 Å². The van der Waals surface area contributed by atoms with Crippen molar-refractivity contribution in [1.29, 1.82) is 0 Å². The second kappa shape index (κ2) is 23.0. The van der Waals surface area contributed by atoms with Gasteiger partial charge in [-0.25, -0.2) is 9.07 Å². The lowest BCUT2D eigenvalue weighted by molar-refractivity contribution is -0.359. The van der Waals surface area contributed by atoms with E-state index >= 15 is 4.39 Å². The number of amides is 3. The van der Waals surface area contributed by atoms with Gasteiger partial charge in [-0.05, 0) is 44.9 Å². The molecule has 0 saturated carbocycles. The first-order chi connectivity index (χ1) is 28.2. The number of hydrogen-bond acceptors (Lipinski definition) is 18. The number of nitrogens with zero attached hydrogens (tertiary/aromatic N) is 3. The minimum Gasteiger partial charge on any atom is -0.394 e. The molecule has 21 nitrogen and oxygen atoms in total. The number of aliphatic hydroxyl groups excluding tert-OH is 7. The second-order valence-electron chi connectivity index (χ2n) is 14.4. The molecule has 0 radical (unpaired) electrons. The summed E-state index contributed by atoms with van der Waals surface area (Å²) in [7, 11) is 0. The van der Waals surface area contributed by atoms with Crippen LogP contribution in [0.4, 0.5) is 4.39 Å². The summed E-state index contributed by atoms with van der Waals surface area (Å²) in [6.07, 6.45) is -8.22. The van der Waals surface area contributed by atoms with E-state index in [0.29, 0.717) is 44.2 Å². The second-order valence-corrected chi connectivity index (χ2v) is 15.6. The predicted molar refractivity (Wildman–Crippen MR) is 201 cm³/mol. The topological polar surface area (TPSA) is 314 Å². The van der Waals surface area contributed by atoms with E-state index in [0.717, 1.165) is 11.8 Å². The van der Waals surface area contributed by atoms with Crippen LogP contribution in [0, 0.1) is 12.3 Å². The lowest BCUT2D eigenvalue weighted by Crippen LogP contribution is -2.64. The fraction of sp³-hybridized carbons (Fsp3) is 0.778. The Morgan fingerprint density at radius 1 is 0.983 bits per heavy atom. The van der Waals surface area contributed by atoms with E-state index in [4.69, 9.17) is 25.4 Å². The summed E-state index contributed by atoms with van der Waals surface area (Å²) in [6, 6.07) is -0.941. The summed E-state index contributed by atoms with van der Waals surface area (Å²) in [5.74, 6) is 0.193. The largest absolute Gasteiger partial charge is 0.394 e. The highest BCUT2D eigenvalue weighted by Gasteiger charge is 2.51. The third-order valence-corrected chi connectivity index (χ3v) is 11.0. The summed E-state index contributed by atoms with van der Waals surface area (Å²) < 4.78 is 40.4. The van der Waals surface area contributed by atoms with Crippen LogP contribution in [0.3, 0.4) is 0 Å². The molecule has 0 spiro atoms. The highest BCUT2D eigenvalue weighted by molar-refractivity contribution is 8.14. The van der Waals surface area contributed by atoms with Crippen LogP contribution in [-0.2, 0) is 56.8 Å². The van der Waals surface area contributed by atoms with Gasteiger partial charge >= 0.3 is 0 Å². The van der Waals surface area contributed by atoms with E-state index < -0.39 is 104 Å². The van der Waals surface area contributed by atoms with E-state index in [1.165, 1.54) is 11.6 Å². The number of ether oxygens (including phenoxy) is 4. The number of rotatable bonds is 19. The molecule has 1 aliphatic carbocycles. The zero-order valence-corrected chi connectivity index (χ0v) is 33.4. The van der Waals surface area contributed by atoms with Gasteiger partial charge in [-0.3, -0.25) is 19.2 Å². The third kappa shape index (κ3) is 12.6. The Bertz CT molecular complexity index is 1600. The number of aromatic nitrogens is 3. The molecule has 2 fully saturated rings. The third-order valence-electron chi connectivity index (χ3n) is 10.2. The molecule has 4 rings (SSSR count). The number of halogens is 1. The van der Waals surface area contributed by atoms with Gasteiger partial charge in [-0.15, -0.1) is 11.5 Å². The first kappa shape index (κ1) is 48.3. The Morgan fingerprint density at radius 3 is 2.39 bits per heavy atom. The monoisotopic (exact) mass is 862 g/mol. The molecule has 10 N–H and O–H groups in total. The van der Waals surface area contributed by atoms with Gasteiger partial charge in [-0.2, -0.15) is 0 Å². The van der Waals surface area contributed by atoms with E-state index in [1.54, 1.807) is 0 Å². The van der Waals surface area contributed by atoms with Gasteiger partial charge in [-0.1, -0.05) is 29.3 Å². The van der Waals surface area contributed by atoms with Crippen molar-refractivity contribution in [1.82, 2.24) is 30.9 Å². The Labute approximate surface area is 343 Å². The van der Waals surface area contributed by atoms with Crippen LogP contribution < -0.4 is 16.0 Å². The fourth-order valence-corrected chi connectivity index (χ4v) is 7.36. The van der Waals surface area contributed by atoms with Gasteiger partial charge in [0.2, 0.25) is 17.5 Å². The Hall–Kier alpha value is -3.38. The van der Waals surface area contributed by atoms with Gasteiger partial charge < -0.3 is 70.6 Å². The summed E-state index contributed by atoms with van der Waals surface area (Å²) in [4.78, 5) is 49.5. The first-order valence-electron chi connectivity index (χ1n) is 19.4. The van der Waals surface area contributed by atoms with Crippen molar-refractivity contribution in [3.63, 3.8) is 0 Å². The zero-order chi connectivity index (χ0) is 43.3. The number of aliphatic hydroxyl groups is 7. The van der Waals surface area contributed by atoms with E-state index in [-0.39, 0.29) is 55.6 Å². The number of unbranched alkanes of at least 4 members (excludes halogenated alkanes) is 1. The Morgan fingerprint density at radius 2 is 1.69 bits per heavy atom. The number of thioether (sulfide) groups is 1. The summed E-state index contributed by atoms with van der Waals surface area (Å²) >= 11 is 0.800. The first-order valence-corrected chi connectivity index (χ1v) is 20.4. The van der Waals surface area contributed by atoms with Crippen molar-refractivity contribution in [3.8, 4) is 12.3 Å². The van der Waals surface area contributed by atoms with Crippen molar-refractivity contribution in [3.05, 3.63) is 11.4 Å². The lowest BCUT2D eigenvalue weighted by Gasteiger charge is -2.45. The number of carbonyl (C=O) groups excluding carboxylic acids is 4.